The summed E-state index contributed by atoms with van der Waals surface area (Å²) < 4.78 is 39.9. The van der Waals surface area contributed by atoms with Gasteiger partial charge < -0.3 is 15.3 Å². The Labute approximate surface area is 193 Å². The number of amides is 3. The van der Waals surface area contributed by atoms with E-state index in [0.717, 1.165) is 17.0 Å². The highest BCUT2D eigenvalue weighted by Crippen LogP contribution is 2.40. The van der Waals surface area contributed by atoms with Crippen LogP contribution in [0.15, 0.2) is 59.8 Å². The molecule has 2 aliphatic heterocycles. The molecule has 2 N–H and O–H groups in total. The van der Waals surface area contributed by atoms with Crippen LogP contribution in [0.5, 0.6) is 0 Å². The van der Waals surface area contributed by atoms with Crippen LogP contribution in [0.1, 0.15) is 35.6 Å². The van der Waals surface area contributed by atoms with E-state index in [-0.39, 0.29) is 30.3 Å². The van der Waals surface area contributed by atoms with Crippen molar-refractivity contribution >= 4 is 17.6 Å². The van der Waals surface area contributed by atoms with Crippen LogP contribution >= 0.6 is 0 Å². The van der Waals surface area contributed by atoms with Crippen LogP contribution in [0, 0.1) is 11.3 Å². The van der Waals surface area contributed by atoms with Gasteiger partial charge in [0.25, 0.3) is 5.91 Å². The van der Waals surface area contributed by atoms with E-state index in [1.807, 2.05) is 6.07 Å². The number of nitrogens with zero attached hydrogens (tertiary/aromatic N) is 3. The predicted octanol–water partition coefficient (Wildman–Crippen LogP) is 3.72. The van der Waals surface area contributed by atoms with E-state index < -0.39 is 23.8 Å². The Morgan fingerprint density at radius 2 is 1.85 bits per heavy atom. The van der Waals surface area contributed by atoms with Crippen molar-refractivity contribution in [2.45, 2.75) is 25.1 Å². The summed E-state index contributed by atoms with van der Waals surface area (Å²) in [6.07, 6.45) is -3.57. The summed E-state index contributed by atoms with van der Waals surface area (Å²) in [7, 11) is 0. The molecule has 1 atom stereocenters. The van der Waals surface area contributed by atoms with Gasteiger partial charge in [-0.1, -0.05) is 18.2 Å². The second-order valence-electron chi connectivity index (χ2n) is 8.02. The molecule has 0 aliphatic carbocycles. The number of unbranched alkanes of at least 4 members (excludes halogenated alkanes) is 1. The molecular weight excluding hydrogens is 449 g/mol. The number of alkyl halides is 3. The zero-order chi connectivity index (χ0) is 24.5. The molecule has 0 fully saturated rings. The SMILES string of the molecule is N#Cc1ccc(C2NC(=O)N(c3cccc(C(F)(F)F)c3)C3=C2C(=O)N(CCCCO)C3)cc1. The van der Waals surface area contributed by atoms with Gasteiger partial charge in [0.05, 0.1) is 46.7 Å². The number of nitriles is 1. The highest BCUT2D eigenvalue weighted by Gasteiger charge is 2.44. The first-order valence-electron chi connectivity index (χ1n) is 10.7. The maximum Gasteiger partial charge on any atom is 0.416 e. The minimum atomic E-state index is -4.59. The van der Waals surface area contributed by atoms with Crippen LogP contribution in [-0.4, -0.2) is 41.6 Å². The van der Waals surface area contributed by atoms with Crippen LogP contribution in [0.2, 0.25) is 0 Å². The number of anilines is 1. The summed E-state index contributed by atoms with van der Waals surface area (Å²) in [6, 6.07) is 11.4. The van der Waals surface area contributed by atoms with E-state index in [9.17, 15) is 22.8 Å². The lowest BCUT2D eigenvalue weighted by molar-refractivity contribution is -0.137. The van der Waals surface area contributed by atoms with Crippen molar-refractivity contribution in [1.82, 2.24) is 10.2 Å². The smallest absolute Gasteiger partial charge is 0.396 e. The van der Waals surface area contributed by atoms with E-state index in [4.69, 9.17) is 10.4 Å². The normalized spacial score (nSPS) is 18.1. The summed E-state index contributed by atoms with van der Waals surface area (Å²) >= 11 is 0. The fourth-order valence-electron chi connectivity index (χ4n) is 4.19. The molecule has 2 aromatic carbocycles. The van der Waals surface area contributed by atoms with Gasteiger partial charge in [-0.25, -0.2) is 4.79 Å². The second-order valence-corrected chi connectivity index (χ2v) is 8.02. The second kappa shape index (κ2) is 9.19. The van der Waals surface area contributed by atoms with Crippen molar-refractivity contribution in [1.29, 1.82) is 5.26 Å². The molecule has 34 heavy (non-hydrogen) atoms. The molecule has 4 rings (SSSR count). The number of halogens is 3. The first kappa shape index (κ1) is 23.3. The Morgan fingerprint density at radius 3 is 2.50 bits per heavy atom. The minimum absolute atomic E-state index is 0.00288. The highest BCUT2D eigenvalue weighted by molar-refractivity contribution is 6.07. The first-order valence-corrected chi connectivity index (χ1v) is 10.7. The third kappa shape index (κ3) is 4.34. The highest BCUT2D eigenvalue weighted by atomic mass is 19.4. The minimum Gasteiger partial charge on any atom is -0.396 e. The number of carbonyl (C=O) groups excluding carboxylic acids is 2. The van der Waals surface area contributed by atoms with Crippen molar-refractivity contribution in [3.63, 3.8) is 0 Å². The molecule has 2 aliphatic rings. The number of urea groups is 1. The third-order valence-corrected chi connectivity index (χ3v) is 5.84. The molecule has 3 amide bonds. The Balaban J connectivity index is 1.78. The molecule has 176 valence electrons. The maximum absolute atomic E-state index is 13.3. The van der Waals surface area contributed by atoms with Gasteiger partial charge in [0.1, 0.15) is 0 Å². The average Bonchev–Trinajstić information content (AvgIpc) is 3.14. The van der Waals surface area contributed by atoms with Gasteiger partial charge in [0.15, 0.2) is 0 Å². The largest absolute Gasteiger partial charge is 0.416 e. The van der Waals surface area contributed by atoms with Gasteiger partial charge in [-0.3, -0.25) is 9.69 Å². The van der Waals surface area contributed by atoms with Gasteiger partial charge in [0, 0.05) is 13.2 Å². The first-order chi connectivity index (χ1) is 16.2. The summed E-state index contributed by atoms with van der Waals surface area (Å²) in [5.74, 6) is -0.334. The zero-order valence-electron chi connectivity index (χ0n) is 18.0. The van der Waals surface area contributed by atoms with Crippen LogP contribution in [0.25, 0.3) is 0 Å². The fourth-order valence-corrected chi connectivity index (χ4v) is 4.19. The lowest BCUT2D eigenvalue weighted by atomic mass is 9.94. The van der Waals surface area contributed by atoms with E-state index in [2.05, 4.69) is 5.32 Å². The Kier molecular flexibility index (Phi) is 6.30. The molecule has 0 bridgehead atoms. The number of hydrogen-bond donors (Lipinski definition) is 2. The Morgan fingerprint density at radius 1 is 1.12 bits per heavy atom. The molecule has 0 spiro atoms. The Hall–Kier alpha value is -3.84. The van der Waals surface area contributed by atoms with Gasteiger partial charge in [-0.2, -0.15) is 18.4 Å². The number of aliphatic hydroxyl groups excluding tert-OH is 1. The van der Waals surface area contributed by atoms with Gasteiger partial charge in [-0.15, -0.1) is 0 Å². The number of carbonyl (C=O) groups is 2. The number of rotatable bonds is 6. The van der Waals surface area contributed by atoms with Gasteiger partial charge in [-0.05, 0) is 48.7 Å². The molecule has 2 heterocycles. The molecule has 0 aromatic heterocycles. The number of nitrogens with one attached hydrogen (secondary N) is 1. The topological polar surface area (TPSA) is 96.7 Å². The monoisotopic (exact) mass is 470 g/mol. The van der Waals surface area contributed by atoms with Crippen molar-refractivity contribution in [2.75, 3.05) is 24.6 Å². The van der Waals surface area contributed by atoms with Crippen LogP contribution in [0.4, 0.5) is 23.7 Å². The van der Waals surface area contributed by atoms with E-state index in [0.29, 0.717) is 36.2 Å². The van der Waals surface area contributed by atoms with Crippen LogP contribution < -0.4 is 10.2 Å². The predicted molar refractivity (Wildman–Crippen MR) is 116 cm³/mol. The van der Waals surface area contributed by atoms with Crippen LogP contribution in [-0.2, 0) is 11.0 Å². The number of aliphatic hydroxyl groups is 1. The quantitative estimate of drug-likeness (QED) is 0.629. The zero-order valence-corrected chi connectivity index (χ0v) is 18.0. The molecule has 7 nitrogen and oxygen atoms in total. The molecule has 0 radical (unpaired) electrons. The summed E-state index contributed by atoms with van der Waals surface area (Å²) in [6.45, 7) is 0.354. The fraction of sp³-hybridized carbons (Fsp3) is 0.292. The third-order valence-electron chi connectivity index (χ3n) is 5.84. The van der Waals surface area contributed by atoms with Crippen molar-refractivity contribution in [3.05, 3.63) is 76.5 Å². The average molecular weight is 470 g/mol. The Bertz CT molecular complexity index is 1190. The van der Waals surface area contributed by atoms with E-state index in [1.54, 1.807) is 24.3 Å². The van der Waals surface area contributed by atoms with Crippen LogP contribution in [0.3, 0.4) is 0 Å². The van der Waals surface area contributed by atoms with E-state index >= 15 is 0 Å². The maximum atomic E-state index is 13.3. The van der Waals surface area contributed by atoms with Crippen molar-refractivity contribution < 1.29 is 27.9 Å². The lowest BCUT2D eigenvalue weighted by Gasteiger charge is -2.33. The number of hydrogen-bond acceptors (Lipinski definition) is 4. The standard InChI is InChI=1S/C24H21F3N4O3/c25-24(26,27)17-4-3-5-18(12-17)31-19-14-30(10-1-2-11-32)22(33)20(19)21(29-23(31)34)16-8-6-15(13-28)7-9-16/h3-9,12,21,32H,1-2,10-11,14H2,(H,29,34). The van der Waals surface area contributed by atoms with Gasteiger partial charge in [0.2, 0.25) is 0 Å². The molecule has 0 saturated carbocycles. The summed E-state index contributed by atoms with van der Waals surface area (Å²) in [5, 5.41) is 20.9. The molecule has 1 unspecified atom stereocenters. The summed E-state index contributed by atoms with van der Waals surface area (Å²) in [4.78, 5) is 29.2. The van der Waals surface area contributed by atoms with Gasteiger partial charge >= 0.3 is 12.2 Å². The van der Waals surface area contributed by atoms with Crippen molar-refractivity contribution in [3.8, 4) is 6.07 Å². The number of benzene rings is 2. The van der Waals surface area contributed by atoms with E-state index in [1.165, 1.54) is 17.0 Å². The summed E-state index contributed by atoms with van der Waals surface area (Å²) in [5.41, 5.74) is 0.668. The molecule has 0 saturated heterocycles. The molecule has 2 aromatic rings. The molecule has 10 heteroatoms. The van der Waals surface area contributed by atoms with Crippen molar-refractivity contribution in [2.24, 2.45) is 0 Å². The lowest BCUT2D eigenvalue weighted by Crippen LogP contribution is -2.47. The molecular formula is C24H21F3N4O3.